The van der Waals surface area contributed by atoms with Gasteiger partial charge in [0.25, 0.3) is 17.0 Å². The Balaban J connectivity index is 1.81. The van der Waals surface area contributed by atoms with Crippen LogP contribution in [0, 0.1) is 6.92 Å². The molecule has 1 aromatic carbocycles. The molecule has 1 amide bonds. The molecule has 0 bridgehead atoms. The predicted molar refractivity (Wildman–Crippen MR) is 124 cm³/mol. The zero-order chi connectivity index (χ0) is 23.2. The second-order valence-corrected chi connectivity index (χ2v) is 8.33. The molecule has 3 aromatic heterocycles. The monoisotopic (exact) mass is 452 g/mol. The molecule has 3 heterocycles. The number of carbonyl (C=O) groups excluding carboxylic acids is 1. The molecule has 0 saturated carbocycles. The number of carbonyl (C=O) groups is 1. The Morgan fingerprint density at radius 3 is 2.59 bits per heavy atom. The third kappa shape index (κ3) is 3.42. The van der Waals surface area contributed by atoms with Crippen molar-refractivity contribution in [2.75, 3.05) is 17.7 Å². The molecule has 10 nitrogen and oxygen atoms in total. The van der Waals surface area contributed by atoms with E-state index >= 15 is 0 Å². The van der Waals surface area contributed by atoms with Crippen molar-refractivity contribution in [3.63, 3.8) is 0 Å². The Labute approximate surface area is 185 Å². The average Bonchev–Trinajstić information content (AvgIpc) is 3.10. The number of nitrogen functional groups attached to an aromatic ring is 1. The second kappa shape index (κ2) is 7.93. The minimum absolute atomic E-state index is 0.124. The van der Waals surface area contributed by atoms with E-state index in [4.69, 9.17) is 5.73 Å². The lowest BCUT2D eigenvalue weighted by atomic mass is 10.2. The zero-order valence-corrected chi connectivity index (χ0v) is 18.4. The summed E-state index contributed by atoms with van der Waals surface area (Å²) in [6.45, 7) is 1.78. The van der Waals surface area contributed by atoms with E-state index in [0.717, 1.165) is 21.8 Å². The molecule has 0 unspecified atom stereocenters. The van der Waals surface area contributed by atoms with Crippen LogP contribution < -0.4 is 27.4 Å². The van der Waals surface area contributed by atoms with Crippen molar-refractivity contribution in [1.82, 2.24) is 19.1 Å². The highest BCUT2D eigenvalue weighted by Gasteiger charge is 2.26. The van der Waals surface area contributed by atoms with Gasteiger partial charge in [0.2, 0.25) is 0 Å². The number of nitrogens with one attached hydrogen (secondary N) is 1. The number of nitrogens with two attached hydrogens (primary N) is 1. The summed E-state index contributed by atoms with van der Waals surface area (Å²) in [5, 5.41) is 0.354. The van der Waals surface area contributed by atoms with E-state index in [2.05, 4.69) is 9.97 Å². The molecule has 0 spiro atoms. The molecular formula is C21H20N6O4S. The first-order valence-corrected chi connectivity index (χ1v) is 10.4. The molecule has 4 aromatic rings. The first-order chi connectivity index (χ1) is 15.2. The van der Waals surface area contributed by atoms with Gasteiger partial charge in [-0.3, -0.25) is 23.9 Å². The van der Waals surface area contributed by atoms with Gasteiger partial charge in [0, 0.05) is 14.1 Å². The lowest BCUT2D eigenvalue weighted by Crippen LogP contribution is -2.39. The SMILES string of the molecule is Cc1c(C(=O)N(C)c2c(N)n(Cc3ccccc3)c(=O)[nH]c2=O)sc2ncn(C)c(=O)c12. The van der Waals surface area contributed by atoms with Gasteiger partial charge in [-0.2, -0.15) is 0 Å². The number of hydrogen-bond acceptors (Lipinski definition) is 7. The maximum Gasteiger partial charge on any atom is 0.330 e. The van der Waals surface area contributed by atoms with E-state index in [1.54, 1.807) is 14.0 Å². The van der Waals surface area contributed by atoms with Crippen molar-refractivity contribution in [1.29, 1.82) is 0 Å². The average molecular weight is 452 g/mol. The van der Waals surface area contributed by atoms with E-state index < -0.39 is 17.2 Å². The summed E-state index contributed by atoms with van der Waals surface area (Å²) in [6, 6.07) is 9.12. The summed E-state index contributed by atoms with van der Waals surface area (Å²) in [4.78, 5) is 59.0. The van der Waals surface area contributed by atoms with Gasteiger partial charge in [-0.05, 0) is 18.1 Å². The van der Waals surface area contributed by atoms with Gasteiger partial charge in [-0.25, -0.2) is 9.78 Å². The maximum atomic E-state index is 13.3. The van der Waals surface area contributed by atoms with Gasteiger partial charge in [0.15, 0.2) is 5.69 Å². The van der Waals surface area contributed by atoms with Crippen LogP contribution in [-0.4, -0.2) is 32.1 Å². The highest BCUT2D eigenvalue weighted by atomic mass is 32.1. The van der Waals surface area contributed by atoms with Crippen LogP contribution in [-0.2, 0) is 13.6 Å². The summed E-state index contributed by atoms with van der Waals surface area (Å²) in [6.07, 6.45) is 1.39. The minimum atomic E-state index is -0.777. The molecule has 0 aliphatic carbocycles. The highest BCUT2D eigenvalue weighted by molar-refractivity contribution is 7.20. The molecule has 11 heteroatoms. The number of nitrogens with zero attached hydrogens (tertiary/aromatic N) is 4. The lowest BCUT2D eigenvalue weighted by molar-refractivity contribution is 0.0996. The van der Waals surface area contributed by atoms with Crippen molar-refractivity contribution in [2.24, 2.45) is 7.05 Å². The fourth-order valence-corrected chi connectivity index (χ4v) is 4.61. The Morgan fingerprint density at radius 1 is 1.22 bits per heavy atom. The number of rotatable bonds is 4. The lowest BCUT2D eigenvalue weighted by Gasteiger charge is -2.20. The standard InChI is InChI=1S/C21H20N6O4S/c1-11-13-18(23-10-25(2)19(13)29)32-15(11)20(30)26(3)14-16(22)27(21(31)24-17(14)28)9-12-7-5-4-6-8-12/h4-8,10H,9,22H2,1-3H3,(H,24,28,31). The Bertz CT molecular complexity index is 1530. The van der Waals surface area contributed by atoms with E-state index in [9.17, 15) is 19.2 Å². The quantitative estimate of drug-likeness (QED) is 0.475. The number of fused-ring (bicyclic) bond motifs is 1. The second-order valence-electron chi connectivity index (χ2n) is 7.33. The van der Waals surface area contributed by atoms with Gasteiger partial charge in [-0.15, -0.1) is 11.3 Å². The number of aryl methyl sites for hydroxylation is 2. The van der Waals surface area contributed by atoms with E-state index in [-0.39, 0.29) is 28.5 Å². The molecule has 32 heavy (non-hydrogen) atoms. The minimum Gasteiger partial charge on any atom is -0.383 e. The molecule has 0 atom stereocenters. The molecule has 4 rings (SSSR count). The largest absolute Gasteiger partial charge is 0.383 e. The zero-order valence-electron chi connectivity index (χ0n) is 17.6. The van der Waals surface area contributed by atoms with Crippen LogP contribution in [0.5, 0.6) is 0 Å². The van der Waals surface area contributed by atoms with Crippen molar-refractivity contribution in [3.05, 3.63) is 83.9 Å². The van der Waals surface area contributed by atoms with Crippen LogP contribution in [0.25, 0.3) is 10.2 Å². The molecule has 0 saturated heterocycles. The number of amides is 1. The van der Waals surface area contributed by atoms with Crippen LogP contribution >= 0.6 is 11.3 Å². The molecular weight excluding hydrogens is 432 g/mol. The van der Waals surface area contributed by atoms with Crippen molar-refractivity contribution >= 4 is 39.0 Å². The summed E-state index contributed by atoms with van der Waals surface area (Å²) < 4.78 is 2.53. The Hall–Kier alpha value is -3.99. The van der Waals surface area contributed by atoms with Gasteiger partial charge in [0.05, 0.1) is 23.1 Å². The van der Waals surface area contributed by atoms with Crippen molar-refractivity contribution < 1.29 is 4.79 Å². The van der Waals surface area contributed by atoms with Crippen LogP contribution in [0.3, 0.4) is 0 Å². The van der Waals surface area contributed by atoms with Crippen molar-refractivity contribution in [2.45, 2.75) is 13.5 Å². The Morgan fingerprint density at radius 2 is 1.91 bits per heavy atom. The number of benzene rings is 1. The fraction of sp³-hybridized carbons (Fsp3) is 0.190. The Kier molecular flexibility index (Phi) is 5.26. The molecule has 164 valence electrons. The van der Waals surface area contributed by atoms with Crippen LogP contribution in [0.4, 0.5) is 11.5 Å². The maximum absolute atomic E-state index is 13.3. The van der Waals surface area contributed by atoms with Crippen LogP contribution in [0.1, 0.15) is 20.8 Å². The number of aromatic nitrogens is 4. The first-order valence-electron chi connectivity index (χ1n) is 9.60. The summed E-state index contributed by atoms with van der Waals surface area (Å²) in [7, 11) is 2.98. The number of thiophene rings is 1. The molecule has 0 radical (unpaired) electrons. The smallest absolute Gasteiger partial charge is 0.330 e. The van der Waals surface area contributed by atoms with Gasteiger partial charge < -0.3 is 15.2 Å². The van der Waals surface area contributed by atoms with E-state index in [1.165, 1.54) is 22.5 Å². The van der Waals surface area contributed by atoms with Gasteiger partial charge >= 0.3 is 5.69 Å². The number of anilines is 2. The molecule has 0 fully saturated rings. The third-order valence-electron chi connectivity index (χ3n) is 5.24. The fourth-order valence-electron chi connectivity index (χ4n) is 3.49. The van der Waals surface area contributed by atoms with Crippen LogP contribution in [0.2, 0.25) is 0 Å². The van der Waals surface area contributed by atoms with Crippen molar-refractivity contribution in [3.8, 4) is 0 Å². The summed E-state index contributed by atoms with van der Waals surface area (Å²) >= 11 is 1.06. The summed E-state index contributed by atoms with van der Waals surface area (Å²) in [5.41, 5.74) is 5.60. The number of hydrogen-bond donors (Lipinski definition) is 2. The van der Waals surface area contributed by atoms with Gasteiger partial charge in [-0.1, -0.05) is 30.3 Å². The molecule has 3 N–H and O–H groups in total. The topological polar surface area (TPSA) is 136 Å². The third-order valence-corrected chi connectivity index (χ3v) is 6.43. The molecule has 0 aliphatic rings. The predicted octanol–water partition coefficient (Wildman–Crippen LogP) is 1.06. The summed E-state index contributed by atoms with van der Waals surface area (Å²) in [5.74, 6) is -0.666. The highest BCUT2D eigenvalue weighted by Crippen LogP contribution is 2.29. The normalized spacial score (nSPS) is 11.1. The van der Waals surface area contributed by atoms with E-state index in [1.807, 2.05) is 30.3 Å². The first kappa shape index (κ1) is 21.2. The number of aromatic amines is 1. The van der Waals surface area contributed by atoms with E-state index in [0.29, 0.717) is 15.8 Å². The number of H-pyrrole nitrogens is 1. The van der Waals surface area contributed by atoms with Gasteiger partial charge in [0.1, 0.15) is 10.6 Å². The molecule has 0 aliphatic heterocycles. The van der Waals surface area contributed by atoms with Crippen LogP contribution in [0.15, 0.2) is 51.0 Å².